The second kappa shape index (κ2) is 6.65. The highest BCUT2D eigenvalue weighted by Gasteiger charge is 2.18. The molecule has 0 saturated heterocycles. The van der Waals surface area contributed by atoms with Gasteiger partial charge in [0.25, 0.3) is 0 Å². The summed E-state index contributed by atoms with van der Waals surface area (Å²) in [5.41, 5.74) is 5.96. The van der Waals surface area contributed by atoms with Crippen LogP contribution in [-0.2, 0) is 10.0 Å². The molecule has 3 N–H and O–H groups in total. The molecule has 0 saturated carbocycles. The highest BCUT2D eigenvalue weighted by atomic mass is 35.5. The van der Waals surface area contributed by atoms with Gasteiger partial charge >= 0.3 is 0 Å². The Balaban J connectivity index is 3.00. The maximum absolute atomic E-state index is 12.1. The number of rotatable bonds is 6. The Morgan fingerprint density at radius 2 is 2.11 bits per heavy atom. The minimum Gasteiger partial charge on any atom is -0.389 e. The van der Waals surface area contributed by atoms with Gasteiger partial charge in [-0.15, -0.1) is 0 Å². The Kier molecular flexibility index (Phi) is 5.73. The molecular weight excluding hydrogens is 304 g/mol. The fraction of sp³-hybridized carbons (Fsp3) is 0.417. The molecule has 0 fully saturated rings. The molecule has 19 heavy (non-hydrogen) atoms. The first-order valence-corrected chi connectivity index (χ1v) is 8.10. The molecule has 0 radical (unpaired) electrons. The molecule has 1 rings (SSSR count). The summed E-state index contributed by atoms with van der Waals surface area (Å²) in [7, 11) is -3.64. The predicted molar refractivity (Wildman–Crippen MR) is 82.0 cm³/mol. The van der Waals surface area contributed by atoms with Gasteiger partial charge in [-0.2, -0.15) is 0 Å². The van der Waals surface area contributed by atoms with Crippen molar-refractivity contribution in [2.45, 2.75) is 25.2 Å². The van der Waals surface area contributed by atoms with E-state index in [4.69, 9.17) is 29.6 Å². The zero-order chi connectivity index (χ0) is 14.6. The van der Waals surface area contributed by atoms with Gasteiger partial charge in [-0.1, -0.05) is 43.7 Å². The smallest absolute Gasteiger partial charge is 0.242 e. The molecule has 0 aliphatic heterocycles. The standard InChI is InChI=1S/C12H17ClN2O2S2/c1-8(2)5-6-15-19(16,17)11-7-9(12(14)18)3-4-10(11)13/h3-4,7-8,15H,5-6H2,1-2H3,(H2,14,18). The van der Waals surface area contributed by atoms with Crippen molar-refractivity contribution in [2.75, 3.05) is 6.54 Å². The van der Waals surface area contributed by atoms with Crippen molar-refractivity contribution in [3.63, 3.8) is 0 Å². The van der Waals surface area contributed by atoms with Crippen molar-refractivity contribution in [1.82, 2.24) is 4.72 Å². The third-order valence-electron chi connectivity index (χ3n) is 2.52. The van der Waals surface area contributed by atoms with E-state index in [9.17, 15) is 8.42 Å². The number of halogens is 1. The van der Waals surface area contributed by atoms with Crippen LogP contribution in [0.15, 0.2) is 23.1 Å². The van der Waals surface area contributed by atoms with Gasteiger partial charge in [0.15, 0.2) is 0 Å². The van der Waals surface area contributed by atoms with Gasteiger partial charge in [-0.3, -0.25) is 0 Å². The fourth-order valence-electron chi connectivity index (χ4n) is 1.42. The number of sulfonamides is 1. The predicted octanol–water partition coefficient (Wildman–Crippen LogP) is 2.30. The summed E-state index contributed by atoms with van der Waals surface area (Å²) in [6.07, 6.45) is 0.756. The van der Waals surface area contributed by atoms with E-state index in [1.165, 1.54) is 12.1 Å². The number of hydrogen-bond donors (Lipinski definition) is 2. The summed E-state index contributed by atoms with van der Waals surface area (Å²) in [5.74, 6) is 0.418. The lowest BCUT2D eigenvalue weighted by atomic mass is 10.1. The van der Waals surface area contributed by atoms with Gasteiger partial charge in [0.2, 0.25) is 10.0 Å². The summed E-state index contributed by atoms with van der Waals surface area (Å²) in [5, 5.41) is 0.150. The second-order valence-electron chi connectivity index (χ2n) is 4.59. The molecule has 0 bridgehead atoms. The topological polar surface area (TPSA) is 72.2 Å². The van der Waals surface area contributed by atoms with Crippen LogP contribution in [0.1, 0.15) is 25.8 Å². The van der Waals surface area contributed by atoms with Gasteiger partial charge in [0.05, 0.1) is 5.02 Å². The van der Waals surface area contributed by atoms with Crippen LogP contribution in [0.4, 0.5) is 0 Å². The lowest BCUT2D eigenvalue weighted by molar-refractivity contribution is 0.551. The molecule has 106 valence electrons. The molecule has 0 amide bonds. The van der Waals surface area contributed by atoms with E-state index in [1.807, 2.05) is 13.8 Å². The molecule has 1 aromatic rings. The van der Waals surface area contributed by atoms with Crippen LogP contribution in [-0.4, -0.2) is 20.0 Å². The van der Waals surface area contributed by atoms with Crippen LogP contribution in [0.5, 0.6) is 0 Å². The highest BCUT2D eigenvalue weighted by molar-refractivity contribution is 7.89. The van der Waals surface area contributed by atoms with E-state index in [2.05, 4.69) is 4.72 Å². The van der Waals surface area contributed by atoms with Crippen LogP contribution in [0.2, 0.25) is 5.02 Å². The number of nitrogens with one attached hydrogen (secondary N) is 1. The minimum atomic E-state index is -3.64. The number of benzene rings is 1. The van der Waals surface area contributed by atoms with E-state index in [0.29, 0.717) is 18.0 Å². The Morgan fingerprint density at radius 3 is 2.63 bits per heavy atom. The third-order valence-corrected chi connectivity index (χ3v) is 4.70. The van der Waals surface area contributed by atoms with Gasteiger partial charge in [0.1, 0.15) is 9.88 Å². The Bertz CT molecular complexity index is 571. The van der Waals surface area contributed by atoms with E-state index in [0.717, 1.165) is 6.42 Å². The summed E-state index contributed by atoms with van der Waals surface area (Å²) in [6, 6.07) is 4.47. The lowest BCUT2D eigenvalue weighted by Gasteiger charge is -2.10. The van der Waals surface area contributed by atoms with Crippen molar-refractivity contribution in [3.05, 3.63) is 28.8 Å². The Labute approximate surface area is 124 Å². The molecule has 0 unspecified atom stereocenters. The number of nitrogens with two attached hydrogens (primary N) is 1. The molecule has 1 aromatic carbocycles. The summed E-state index contributed by atoms with van der Waals surface area (Å²) in [4.78, 5) is 0.138. The molecular formula is C12H17ClN2O2S2. The van der Waals surface area contributed by atoms with Gasteiger partial charge in [-0.25, -0.2) is 13.1 Å². The monoisotopic (exact) mass is 320 g/mol. The summed E-state index contributed by atoms with van der Waals surface area (Å²) >= 11 is 10.8. The largest absolute Gasteiger partial charge is 0.389 e. The Morgan fingerprint density at radius 1 is 1.47 bits per heavy atom. The first-order valence-electron chi connectivity index (χ1n) is 5.83. The van der Waals surface area contributed by atoms with Crippen LogP contribution in [0, 0.1) is 5.92 Å². The van der Waals surface area contributed by atoms with Crippen molar-refractivity contribution in [3.8, 4) is 0 Å². The third kappa shape index (κ3) is 4.72. The SMILES string of the molecule is CC(C)CCNS(=O)(=O)c1cc(C(N)=S)ccc1Cl. The second-order valence-corrected chi connectivity index (χ2v) is 7.17. The zero-order valence-corrected chi connectivity index (χ0v) is 13.2. The molecule has 0 atom stereocenters. The van der Waals surface area contributed by atoms with Crippen molar-refractivity contribution >= 4 is 38.8 Å². The maximum atomic E-state index is 12.1. The Hall–Kier alpha value is -0.690. The van der Waals surface area contributed by atoms with Gasteiger partial charge in [0, 0.05) is 12.1 Å². The van der Waals surface area contributed by atoms with Crippen LogP contribution >= 0.6 is 23.8 Å². The van der Waals surface area contributed by atoms with E-state index < -0.39 is 10.0 Å². The molecule has 0 aliphatic carbocycles. The summed E-state index contributed by atoms with van der Waals surface area (Å²) in [6.45, 7) is 4.41. The first kappa shape index (κ1) is 16.4. The summed E-state index contributed by atoms with van der Waals surface area (Å²) < 4.78 is 26.8. The molecule has 4 nitrogen and oxygen atoms in total. The van der Waals surface area contributed by atoms with Crippen molar-refractivity contribution < 1.29 is 8.42 Å². The average Bonchev–Trinajstić information content (AvgIpc) is 2.28. The van der Waals surface area contributed by atoms with Crippen molar-refractivity contribution in [1.29, 1.82) is 0 Å². The zero-order valence-electron chi connectivity index (χ0n) is 10.8. The average molecular weight is 321 g/mol. The number of hydrogen-bond acceptors (Lipinski definition) is 3. The first-order chi connectivity index (χ1) is 8.74. The molecule has 0 aromatic heterocycles. The van der Waals surface area contributed by atoms with E-state index in [-0.39, 0.29) is 14.9 Å². The van der Waals surface area contributed by atoms with Crippen molar-refractivity contribution in [2.24, 2.45) is 11.7 Å². The van der Waals surface area contributed by atoms with E-state index >= 15 is 0 Å². The molecule has 0 aliphatic rings. The lowest BCUT2D eigenvalue weighted by Crippen LogP contribution is -2.26. The quantitative estimate of drug-likeness (QED) is 0.789. The fourth-order valence-corrected chi connectivity index (χ4v) is 3.12. The maximum Gasteiger partial charge on any atom is 0.242 e. The normalized spacial score (nSPS) is 11.8. The van der Waals surface area contributed by atoms with Crippen LogP contribution < -0.4 is 10.5 Å². The molecule has 7 heteroatoms. The molecule has 0 heterocycles. The van der Waals surface area contributed by atoms with Gasteiger partial charge in [-0.05, 0) is 24.5 Å². The van der Waals surface area contributed by atoms with Gasteiger partial charge < -0.3 is 5.73 Å². The van der Waals surface area contributed by atoms with Crippen LogP contribution in [0.25, 0.3) is 0 Å². The minimum absolute atomic E-state index is 0.00298. The van der Waals surface area contributed by atoms with Crippen LogP contribution in [0.3, 0.4) is 0 Å². The van der Waals surface area contributed by atoms with E-state index in [1.54, 1.807) is 6.07 Å². The molecule has 0 spiro atoms. The number of thiocarbonyl (C=S) groups is 1. The highest BCUT2D eigenvalue weighted by Crippen LogP contribution is 2.22.